The summed E-state index contributed by atoms with van der Waals surface area (Å²) in [4.78, 5) is 102. The SMILES string of the molecule is C/C=C(\C)[C@H]1OC(=O)[C@@H](C)NC(=O)[C@H](C(C)CC)NC(=O)CN(C)C(=O)[C@@H](Cc2ccccc2)N(C)C(=O)[C@H](C)NC[C@@H](CC(C)C)OC(=O)/C(C)=C/C[C@H](OCC(=O)N(C)CCCCCCNC)[C@@H]1C. The van der Waals surface area contributed by atoms with Crippen molar-refractivity contribution in [3.63, 3.8) is 0 Å². The zero-order chi connectivity index (χ0) is 53.4. The van der Waals surface area contributed by atoms with E-state index in [0.29, 0.717) is 30.5 Å². The molecule has 71 heavy (non-hydrogen) atoms. The third kappa shape index (κ3) is 21.2. The first kappa shape index (κ1) is 62.0. The van der Waals surface area contributed by atoms with Crippen LogP contribution in [0.15, 0.2) is 53.6 Å². The highest BCUT2D eigenvalue weighted by atomic mass is 16.6. The van der Waals surface area contributed by atoms with Crippen molar-refractivity contribution in [1.29, 1.82) is 0 Å². The fourth-order valence-corrected chi connectivity index (χ4v) is 8.29. The maximum atomic E-state index is 14.3. The summed E-state index contributed by atoms with van der Waals surface area (Å²) in [5, 5.41) is 11.9. The van der Waals surface area contributed by atoms with Gasteiger partial charge in [0.25, 0.3) is 0 Å². The first-order chi connectivity index (χ1) is 33.6. The van der Waals surface area contributed by atoms with E-state index < -0.39 is 84.6 Å². The predicted molar refractivity (Wildman–Crippen MR) is 277 cm³/mol. The number of amides is 5. The molecule has 0 radical (unpaired) electrons. The minimum Gasteiger partial charge on any atom is -0.458 e. The highest BCUT2D eigenvalue weighted by molar-refractivity contribution is 5.94. The summed E-state index contributed by atoms with van der Waals surface area (Å²) in [5.41, 5.74) is 1.80. The monoisotopic (exact) mass is 996 g/mol. The van der Waals surface area contributed by atoms with Crippen LogP contribution in [0.25, 0.3) is 0 Å². The number of hydrogen-bond acceptors (Lipinski definition) is 12. The normalized spacial score (nSPS) is 26.0. The summed E-state index contributed by atoms with van der Waals surface area (Å²) < 4.78 is 18.6. The Balaban J connectivity index is 2.63. The Labute approximate surface area is 425 Å². The molecule has 17 heteroatoms. The van der Waals surface area contributed by atoms with Gasteiger partial charge in [-0.25, -0.2) is 9.59 Å². The van der Waals surface area contributed by atoms with Gasteiger partial charge in [-0.3, -0.25) is 24.0 Å². The fourth-order valence-electron chi connectivity index (χ4n) is 8.29. The Morgan fingerprint density at radius 1 is 0.944 bits per heavy atom. The minimum absolute atomic E-state index is 0.132. The van der Waals surface area contributed by atoms with Gasteiger partial charge in [-0.2, -0.15) is 0 Å². The highest BCUT2D eigenvalue weighted by Gasteiger charge is 2.36. The molecule has 400 valence electrons. The number of nitrogens with zero attached hydrogens (tertiary/aromatic N) is 3. The first-order valence-corrected chi connectivity index (χ1v) is 25.7. The Bertz CT molecular complexity index is 1930. The molecule has 4 N–H and O–H groups in total. The number of rotatable bonds is 17. The lowest BCUT2D eigenvalue weighted by atomic mass is 9.90. The quantitative estimate of drug-likeness (QED) is 0.0928. The van der Waals surface area contributed by atoms with Crippen molar-refractivity contribution in [2.75, 3.05) is 61.0 Å². The van der Waals surface area contributed by atoms with Crippen molar-refractivity contribution in [2.24, 2.45) is 17.8 Å². The van der Waals surface area contributed by atoms with Gasteiger partial charge in [0.2, 0.25) is 29.5 Å². The molecule has 1 unspecified atom stereocenters. The van der Waals surface area contributed by atoms with Crippen molar-refractivity contribution in [3.8, 4) is 0 Å². The predicted octanol–water partition coefficient (Wildman–Crippen LogP) is 4.97. The molecule has 1 aromatic carbocycles. The maximum Gasteiger partial charge on any atom is 0.333 e. The average molecular weight is 996 g/mol. The second kappa shape index (κ2) is 32.0. The molecule has 2 rings (SSSR count). The van der Waals surface area contributed by atoms with E-state index in [2.05, 4.69) is 21.3 Å². The molecule has 9 atom stereocenters. The second-order valence-electron chi connectivity index (χ2n) is 19.9. The van der Waals surface area contributed by atoms with E-state index in [1.807, 2.05) is 85.0 Å². The molecule has 0 saturated carbocycles. The van der Waals surface area contributed by atoms with Crippen molar-refractivity contribution in [1.82, 2.24) is 36.0 Å². The van der Waals surface area contributed by atoms with Crippen LogP contribution in [0.3, 0.4) is 0 Å². The maximum absolute atomic E-state index is 14.3. The Morgan fingerprint density at radius 2 is 1.61 bits per heavy atom. The summed E-state index contributed by atoms with van der Waals surface area (Å²) in [6.07, 6.45) is 6.55. The third-order valence-corrected chi connectivity index (χ3v) is 13.4. The Kier molecular flexibility index (Phi) is 28.0. The van der Waals surface area contributed by atoms with E-state index >= 15 is 0 Å². The van der Waals surface area contributed by atoms with Crippen molar-refractivity contribution < 1.29 is 47.8 Å². The van der Waals surface area contributed by atoms with E-state index in [1.54, 1.807) is 45.8 Å². The molecule has 0 saturated heterocycles. The van der Waals surface area contributed by atoms with Crippen LogP contribution in [0.4, 0.5) is 0 Å². The van der Waals surface area contributed by atoms with Crippen molar-refractivity contribution >= 4 is 41.5 Å². The van der Waals surface area contributed by atoms with E-state index in [-0.39, 0.29) is 49.6 Å². The van der Waals surface area contributed by atoms with E-state index in [4.69, 9.17) is 14.2 Å². The van der Waals surface area contributed by atoms with Gasteiger partial charge < -0.3 is 50.2 Å². The minimum atomic E-state index is -1.15. The molecule has 5 amide bonds. The van der Waals surface area contributed by atoms with Crippen LogP contribution in [-0.2, 0) is 54.2 Å². The molecule has 1 aromatic rings. The zero-order valence-corrected chi connectivity index (χ0v) is 45.4. The van der Waals surface area contributed by atoms with Crippen LogP contribution in [0.1, 0.15) is 120 Å². The molecule has 0 bridgehead atoms. The van der Waals surface area contributed by atoms with Crippen LogP contribution in [-0.4, -0.2) is 160 Å². The smallest absolute Gasteiger partial charge is 0.333 e. The largest absolute Gasteiger partial charge is 0.458 e. The molecule has 0 spiro atoms. The number of esters is 2. The van der Waals surface area contributed by atoms with Gasteiger partial charge >= 0.3 is 11.9 Å². The Morgan fingerprint density at radius 3 is 2.23 bits per heavy atom. The first-order valence-electron chi connectivity index (χ1n) is 25.7. The number of carbonyl (C=O) groups excluding carboxylic acids is 7. The molecular weight excluding hydrogens is 907 g/mol. The fraction of sp³-hybridized carbons (Fsp3) is 0.685. The molecule has 0 aliphatic carbocycles. The van der Waals surface area contributed by atoms with E-state index in [1.165, 1.54) is 23.8 Å². The van der Waals surface area contributed by atoms with Crippen LogP contribution in [0.5, 0.6) is 0 Å². The molecule has 0 fully saturated rings. The number of unbranched alkanes of at least 4 members (excludes halogenated alkanes) is 3. The molecule has 1 heterocycles. The lowest BCUT2D eigenvalue weighted by molar-refractivity contribution is -0.157. The highest BCUT2D eigenvalue weighted by Crippen LogP contribution is 2.26. The van der Waals surface area contributed by atoms with E-state index in [9.17, 15) is 33.6 Å². The lowest BCUT2D eigenvalue weighted by Crippen LogP contribution is -2.57. The van der Waals surface area contributed by atoms with Gasteiger partial charge in [0.1, 0.15) is 36.9 Å². The van der Waals surface area contributed by atoms with Gasteiger partial charge in [0, 0.05) is 52.1 Å². The number of benzene rings is 1. The number of hydrogen-bond donors (Lipinski definition) is 4. The van der Waals surface area contributed by atoms with Gasteiger partial charge in [0.15, 0.2) is 0 Å². The van der Waals surface area contributed by atoms with Crippen LogP contribution in [0, 0.1) is 17.8 Å². The topological polar surface area (TPSA) is 205 Å². The number of allylic oxidation sites excluding steroid dienone is 1. The second-order valence-corrected chi connectivity index (χ2v) is 19.9. The lowest BCUT2D eigenvalue weighted by Gasteiger charge is -2.33. The van der Waals surface area contributed by atoms with Crippen molar-refractivity contribution in [2.45, 2.75) is 163 Å². The zero-order valence-electron chi connectivity index (χ0n) is 45.4. The summed E-state index contributed by atoms with van der Waals surface area (Å²) in [6, 6.07) is 5.22. The molecule has 1 aliphatic heterocycles. The van der Waals surface area contributed by atoms with Crippen molar-refractivity contribution in [3.05, 3.63) is 59.2 Å². The molecule has 0 aromatic heterocycles. The number of carbonyl (C=O) groups is 7. The molecule has 1 aliphatic rings. The number of cyclic esters (lactones) is 2. The number of ether oxygens (including phenoxy) is 3. The van der Waals surface area contributed by atoms with Crippen LogP contribution >= 0.6 is 0 Å². The average Bonchev–Trinajstić information content (AvgIpc) is 3.34. The summed E-state index contributed by atoms with van der Waals surface area (Å²) in [5.74, 6) is -4.41. The van der Waals surface area contributed by atoms with Crippen LogP contribution in [0.2, 0.25) is 0 Å². The van der Waals surface area contributed by atoms with E-state index in [0.717, 1.165) is 37.8 Å². The van der Waals surface area contributed by atoms with Crippen LogP contribution < -0.4 is 21.3 Å². The Hall–Kier alpha value is -5.13. The summed E-state index contributed by atoms with van der Waals surface area (Å²) in [7, 11) is 6.69. The molecule has 17 nitrogen and oxygen atoms in total. The number of likely N-dealkylation sites (N-methyl/N-ethyl adjacent to an activating group) is 3. The summed E-state index contributed by atoms with van der Waals surface area (Å²) >= 11 is 0. The third-order valence-electron chi connectivity index (χ3n) is 13.4. The van der Waals surface area contributed by atoms with Gasteiger partial charge in [-0.1, -0.05) is 96.4 Å². The van der Waals surface area contributed by atoms with Gasteiger partial charge in [-0.15, -0.1) is 0 Å². The number of nitrogens with one attached hydrogen (secondary N) is 4. The van der Waals surface area contributed by atoms with Gasteiger partial charge in [-0.05, 0) is 96.9 Å². The summed E-state index contributed by atoms with van der Waals surface area (Å²) in [6.45, 7) is 19.0. The molecular formula is C54H89N7O10. The standard InChI is InChI=1S/C54H89N7O10/c1-15-36(5)48-50(64)57-41(10)54(68)71-49(37(6)16-2)39(8)45(69-34-47(63)59(12)29-23-18-17-22-28-55-11)27-26-38(7)53(67)70-43(30-35(3)4)32-56-40(9)51(65)61(14)44(31-42-24-20-19-21-25-42)52(66)60(13)33-46(62)58-48/h16,19-21,24-26,35-36,39-41,43-45,48-49,55-56H,15,17-18,22-23,27-34H2,1-14H3,(H,57,64)(H,58,62)/b37-16+,38-26+/t36?,39-,40-,41+,43+,44+,45-,48-,49+/m0/s1. The van der Waals surface area contributed by atoms with Gasteiger partial charge in [0.05, 0.1) is 18.7 Å².